The van der Waals surface area contributed by atoms with Gasteiger partial charge in [-0.1, -0.05) is 156 Å². The minimum Gasteiger partial charge on any atom is -0.0645 e. The normalized spacial score (nSPS) is 15.1. The van der Waals surface area contributed by atoms with Crippen molar-refractivity contribution < 1.29 is 0 Å². The third-order valence-corrected chi connectivity index (χ3v) is 8.27. The lowest BCUT2D eigenvalue weighted by atomic mass is 9.61. The first-order valence-corrected chi connectivity index (χ1v) is 15.5. The molecule has 1 unspecified atom stereocenters. The van der Waals surface area contributed by atoms with E-state index < -0.39 is 0 Å². The van der Waals surface area contributed by atoms with Crippen molar-refractivity contribution in [2.45, 2.75) is 176 Å². The van der Waals surface area contributed by atoms with E-state index in [4.69, 9.17) is 0 Å². The molecule has 2 rings (SSSR count). The van der Waals surface area contributed by atoms with Gasteiger partial charge in [0.25, 0.3) is 0 Å². The van der Waals surface area contributed by atoms with Gasteiger partial charge in [-0.3, -0.25) is 0 Å². The van der Waals surface area contributed by atoms with Gasteiger partial charge in [-0.25, -0.2) is 0 Å². The molecule has 220 valence electrons. The minimum absolute atomic E-state index is 0.0101. The molecule has 0 nitrogen and oxygen atoms in total. The molecule has 0 bridgehead atoms. The van der Waals surface area contributed by atoms with Crippen LogP contribution in [-0.2, 0) is 32.5 Å². The topological polar surface area (TPSA) is 0 Å². The van der Waals surface area contributed by atoms with Gasteiger partial charge >= 0.3 is 0 Å². The Balaban J connectivity index is 3.37. The quantitative estimate of drug-likeness (QED) is 0.369. The van der Waals surface area contributed by atoms with Gasteiger partial charge in [0.1, 0.15) is 0 Å². The van der Waals surface area contributed by atoms with Crippen LogP contribution in [-0.4, -0.2) is 0 Å². The Morgan fingerprint density at radius 1 is 0.462 bits per heavy atom. The summed E-state index contributed by atoms with van der Waals surface area (Å²) in [4.78, 5) is 0. The molecule has 0 aromatic heterocycles. The molecular weight excluding hydrogens is 468 g/mol. The highest BCUT2D eigenvalue weighted by atomic mass is 14.4. The van der Waals surface area contributed by atoms with Crippen LogP contribution in [0.2, 0.25) is 0 Å². The van der Waals surface area contributed by atoms with Crippen molar-refractivity contribution in [3.63, 3.8) is 0 Å². The lowest BCUT2D eigenvalue weighted by Crippen LogP contribution is -2.33. The van der Waals surface area contributed by atoms with Gasteiger partial charge in [-0.2, -0.15) is 0 Å². The van der Waals surface area contributed by atoms with Gasteiger partial charge in [-0.15, -0.1) is 0 Å². The number of benzene rings is 2. The summed E-state index contributed by atoms with van der Waals surface area (Å²) in [5.41, 5.74) is 12.6. The van der Waals surface area contributed by atoms with E-state index in [0.717, 1.165) is 6.42 Å². The average molecular weight is 533 g/mol. The molecule has 0 amide bonds. The maximum Gasteiger partial charge on any atom is 0.00957 e. The Morgan fingerprint density at radius 3 is 1.21 bits per heavy atom. The molecule has 0 spiro atoms. The Bertz CT molecular complexity index is 1160. The second-order valence-corrected chi connectivity index (χ2v) is 18.4. The van der Waals surface area contributed by atoms with Crippen LogP contribution in [0.25, 0.3) is 0 Å². The third kappa shape index (κ3) is 7.02. The van der Waals surface area contributed by atoms with E-state index in [9.17, 15) is 0 Å². The third-order valence-electron chi connectivity index (χ3n) is 8.27. The highest BCUT2D eigenvalue weighted by Crippen LogP contribution is 2.51. The molecule has 0 aliphatic rings. The standard InChI is InChI=1S/C39H64/c1-20-25(26-22-21-23-27(34(2,3)4)31(26)37(11,12)13)30-28(35(5,6)7)24-29(36(8,9)10)32(38(14,15)16)33(30)39(17,18)19/h21-25H,20H2,1-19H3. The summed E-state index contributed by atoms with van der Waals surface area (Å²) in [5, 5.41) is 0. The highest BCUT2D eigenvalue weighted by Gasteiger charge is 2.40. The predicted octanol–water partition coefficient (Wildman–Crippen LogP) is 12.0. The van der Waals surface area contributed by atoms with Crippen LogP contribution in [0.15, 0.2) is 24.3 Å². The highest BCUT2D eigenvalue weighted by molar-refractivity contribution is 5.60. The maximum absolute atomic E-state index is 2.62. The summed E-state index contributed by atoms with van der Waals surface area (Å²) in [7, 11) is 0. The molecule has 0 heteroatoms. The van der Waals surface area contributed by atoms with E-state index in [2.05, 4.69) is 156 Å². The lowest BCUT2D eigenvalue weighted by Gasteiger charge is -2.43. The number of hydrogen-bond acceptors (Lipinski definition) is 0. The van der Waals surface area contributed by atoms with Crippen LogP contribution >= 0.6 is 0 Å². The first-order valence-electron chi connectivity index (χ1n) is 15.5. The fourth-order valence-corrected chi connectivity index (χ4v) is 6.73. The predicted molar refractivity (Wildman–Crippen MR) is 177 cm³/mol. The van der Waals surface area contributed by atoms with Gasteiger partial charge in [0, 0.05) is 5.92 Å². The Kier molecular flexibility index (Phi) is 8.94. The fraction of sp³-hybridized carbons (Fsp3) is 0.692. The second kappa shape index (κ2) is 10.4. The van der Waals surface area contributed by atoms with Gasteiger partial charge in [0.2, 0.25) is 0 Å². The van der Waals surface area contributed by atoms with Crippen LogP contribution in [0, 0.1) is 0 Å². The summed E-state index contributed by atoms with van der Waals surface area (Å²) >= 11 is 0. The van der Waals surface area contributed by atoms with E-state index in [1.165, 1.54) is 22.3 Å². The lowest BCUT2D eigenvalue weighted by molar-refractivity contribution is 0.477. The van der Waals surface area contributed by atoms with Crippen molar-refractivity contribution in [2.24, 2.45) is 0 Å². The van der Waals surface area contributed by atoms with Crippen molar-refractivity contribution in [1.82, 2.24) is 0 Å². The van der Waals surface area contributed by atoms with Crippen molar-refractivity contribution in [1.29, 1.82) is 0 Å². The summed E-state index contributed by atoms with van der Waals surface area (Å²) in [6.07, 6.45) is 1.08. The van der Waals surface area contributed by atoms with E-state index in [1.54, 1.807) is 22.3 Å². The number of hydrogen-bond donors (Lipinski definition) is 0. The molecule has 2 aromatic rings. The van der Waals surface area contributed by atoms with Crippen LogP contribution < -0.4 is 0 Å². The van der Waals surface area contributed by atoms with Crippen molar-refractivity contribution in [2.75, 3.05) is 0 Å². The maximum atomic E-state index is 2.62. The summed E-state index contributed by atoms with van der Waals surface area (Å²) in [5.74, 6) is 0.333. The molecule has 0 aliphatic heterocycles. The van der Waals surface area contributed by atoms with Crippen LogP contribution in [0.3, 0.4) is 0 Å². The minimum atomic E-state index is 0.0101. The molecule has 0 heterocycles. The van der Waals surface area contributed by atoms with Crippen LogP contribution in [0.1, 0.15) is 188 Å². The van der Waals surface area contributed by atoms with Crippen molar-refractivity contribution in [3.8, 4) is 0 Å². The zero-order valence-electron chi connectivity index (χ0n) is 29.6. The van der Waals surface area contributed by atoms with Gasteiger partial charge < -0.3 is 0 Å². The van der Waals surface area contributed by atoms with Crippen molar-refractivity contribution in [3.05, 3.63) is 68.8 Å². The Labute approximate surface area is 244 Å². The molecule has 39 heavy (non-hydrogen) atoms. The van der Waals surface area contributed by atoms with Gasteiger partial charge in [-0.05, 0) is 83.4 Å². The molecule has 0 aliphatic carbocycles. The Morgan fingerprint density at radius 2 is 0.872 bits per heavy atom. The van der Waals surface area contributed by atoms with E-state index in [-0.39, 0.29) is 32.5 Å². The average Bonchev–Trinajstić information content (AvgIpc) is 2.69. The first kappa shape index (κ1) is 33.6. The van der Waals surface area contributed by atoms with Crippen LogP contribution in [0.5, 0.6) is 0 Å². The SMILES string of the molecule is CCC(c1cccc(C(C)(C)C)c1C(C)(C)C)c1c(C(C)(C)C)cc(C(C)(C)C)c(C(C)(C)C)c1C(C)(C)C. The number of rotatable bonds is 3. The van der Waals surface area contributed by atoms with Crippen molar-refractivity contribution >= 4 is 0 Å². The smallest absolute Gasteiger partial charge is 0.00957 e. The summed E-state index contributed by atoms with van der Waals surface area (Å²) < 4.78 is 0. The van der Waals surface area contributed by atoms with E-state index in [0.29, 0.717) is 5.92 Å². The Hall–Kier alpha value is -1.56. The summed E-state index contributed by atoms with van der Waals surface area (Å²) in [6, 6.07) is 9.79. The molecule has 0 fully saturated rings. The fourth-order valence-electron chi connectivity index (χ4n) is 6.73. The molecule has 0 saturated heterocycles. The molecule has 0 radical (unpaired) electrons. The summed E-state index contributed by atoms with van der Waals surface area (Å²) in [6.45, 7) is 45.8. The second-order valence-electron chi connectivity index (χ2n) is 18.4. The molecule has 2 aromatic carbocycles. The molecule has 0 saturated carbocycles. The van der Waals surface area contributed by atoms with E-state index in [1.807, 2.05) is 0 Å². The monoisotopic (exact) mass is 533 g/mol. The van der Waals surface area contributed by atoms with Gasteiger partial charge in [0.05, 0.1) is 0 Å². The zero-order valence-corrected chi connectivity index (χ0v) is 29.6. The first-order chi connectivity index (χ1) is 17.1. The zero-order chi connectivity index (χ0) is 30.7. The molecule has 1 atom stereocenters. The van der Waals surface area contributed by atoms with E-state index >= 15 is 0 Å². The molecule has 0 N–H and O–H groups in total. The largest absolute Gasteiger partial charge is 0.0645 e. The molecular formula is C39H64. The van der Waals surface area contributed by atoms with Crippen LogP contribution in [0.4, 0.5) is 0 Å². The van der Waals surface area contributed by atoms with Gasteiger partial charge in [0.15, 0.2) is 0 Å².